The fourth-order valence-electron chi connectivity index (χ4n) is 3.45. The largest absolute Gasteiger partial charge is 0.341 e. The molecule has 21 heavy (non-hydrogen) atoms. The van der Waals surface area contributed by atoms with Crippen LogP contribution in [-0.2, 0) is 24.1 Å². The highest BCUT2D eigenvalue weighted by Crippen LogP contribution is 2.22. The van der Waals surface area contributed by atoms with Gasteiger partial charge in [-0.25, -0.2) is 0 Å². The summed E-state index contributed by atoms with van der Waals surface area (Å²) in [4.78, 5) is 14.3. The Balaban J connectivity index is 1.55. The fourth-order valence-corrected chi connectivity index (χ4v) is 3.45. The average Bonchev–Trinajstić information content (AvgIpc) is 2.81. The highest BCUT2D eigenvalue weighted by atomic mass is 16.2. The molecular weight excluding hydrogens is 260 g/mol. The Hall–Kier alpha value is -1.35. The number of nitrogens with zero attached hydrogens (tertiary/aromatic N) is 1. The Bertz CT molecular complexity index is 490. The summed E-state index contributed by atoms with van der Waals surface area (Å²) in [6, 6.07) is 6.84. The van der Waals surface area contributed by atoms with Gasteiger partial charge >= 0.3 is 0 Å². The van der Waals surface area contributed by atoms with Gasteiger partial charge in [-0.2, -0.15) is 0 Å². The number of aryl methyl sites for hydroxylation is 3. The molecule has 1 amide bonds. The Morgan fingerprint density at radius 1 is 1.05 bits per heavy atom. The van der Waals surface area contributed by atoms with E-state index in [9.17, 15) is 4.79 Å². The molecule has 0 saturated carbocycles. The first-order valence-electron chi connectivity index (χ1n) is 8.42. The van der Waals surface area contributed by atoms with Gasteiger partial charge < -0.3 is 10.2 Å². The van der Waals surface area contributed by atoms with Crippen LogP contribution in [0.25, 0.3) is 0 Å². The van der Waals surface area contributed by atoms with Crippen molar-refractivity contribution in [1.29, 1.82) is 0 Å². The van der Waals surface area contributed by atoms with Crippen LogP contribution in [0.2, 0.25) is 0 Å². The molecule has 1 fully saturated rings. The molecule has 1 N–H and O–H groups in total. The molecule has 0 atom stereocenters. The molecule has 1 saturated heterocycles. The molecule has 114 valence electrons. The smallest absolute Gasteiger partial charge is 0.222 e. The van der Waals surface area contributed by atoms with Crippen molar-refractivity contribution < 1.29 is 4.79 Å². The van der Waals surface area contributed by atoms with E-state index in [0.29, 0.717) is 12.3 Å². The molecule has 0 aromatic heterocycles. The Morgan fingerprint density at radius 3 is 2.81 bits per heavy atom. The Labute approximate surface area is 127 Å². The van der Waals surface area contributed by atoms with E-state index in [1.807, 2.05) is 4.90 Å². The first-order chi connectivity index (χ1) is 10.3. The summed E-state index contributed by atoms with van der Waals surface area (Å²) in [5.41, 5.74) is 4.37. The van der Waals surface area contributed by atoms with Crippen molar-refractivity contribution in [1.82, 2.24) is 10.2 Å². The third-order valence-corrected chi connectivity index (χ3v) is 4.73. The molecule has 3 heteroatoms. The highest BCUT2D eigenvalue weighted by molar-refractivity contribution is 5.76. The molecule has 0 bridgehead atoms. The van der Waals surface area contributed by atoms with E-state index < -0.39 is 0 Å². The number of carbonyl (C=O) groups excluding carboxylic acids is 1. The zero-order valence-electron chi connectivity index (χ0n) is 12.9. The molecule has 1 heterocycles. The van der Waals surface area contributed by atoms with Gasteiger partial charge in [0, 0.05) is 26.1 Å². The van der Waals surface area contributed by atoms with Crippen LogP contribution in [0.1, 0.15) is 42.4 Å². The molecule has 1 aliphatic heterocycles. The van der Waals surface area contributed by atoms with Crippen molar-refractivity contribution in [3.8, 4) is 0 Å². The third-order valence-electron chi connectivity index (χ3n) is 4.73. The van der Waals surface area contributed by atoms with E-state index >= 15 is 0 Å². The highest BCUT2D eigenvalue weighted by Gasteiger charge is 2.15. The molecule has 3 rings (SSSR count). The number of amides is 1. The number of benzene rings is 1. The van der Waals surface area contributed by atoms with Crippen molar-refractivity contribution in [2.45, 2.75) is 44.9 Å². The van der Waals surface area contributed by atoms with Crippen molar-refractivity contribution in [3.05, 3.63) is 34.9 Å². The normalized spacial score (nSPS) is 19.0. The van der Waals surface area contributed by atoms with E-state index in [1.54, 1.807) is 0 Å². The molecule has 0 spiro atoms. The van der Waals surface area contributed by atoms with Crippen molar-refractivity contribution >= 4 is 5.91 Å². The first kappa shape index (κ1) is 14.6. The lowest BCUT2D eigenvalue weighted by Crippen LogP contribution is -2.34. The number of carbonyl (C=O) groups is 1. The van der Waals surface area contributed by atoms with Crippen molar-refractivity contribution in [2.75, 3.05) is 26.2 Å². The van der Waals surface area contributed by atoms with E-state index in [4.69, 9.17) is 0 Å². The average molecular weight is 286 g/mol. The summed E-state index contributed by atoms with van der Waals surface area (Å²) in [5, 5.41) is 3.35. The van der Waals surface area contributed by atoms with E-state index in [1.165, 1.54) is 42.4 Å². The van der Waals surface area contributed by atoms with Crippen LogP contribution in [0.15, 0.2) is 18.2 Å². The quantitative estimate of drug-likeness (QED) is 0.925. The van der Waals surface area contributed by atoms with Crippen LogP contribution in [0, 0.1) is 0 Å². The lowest BCUT2D eigenvalue weighted by Gasteiger charge is -2.20. The summed E-state index contributed by atoms with van der Waals surface area (Å²) in [6.07, 6.45) is 7.70. The van der Waals surface area contributed by atoms with Gasteiger partial charge in [-0.15, -0.1) is 0 Å². The number of hydrogen-bond donors (Lipinski definition) is 1. The van der Waals surface area contributed by atoms with Gasteiger partial charge in [0.25, 0.3) is 0 Å². The number of rotatable bonds is 3. The molecule has 1 aliphatic carbocycles. The molecule has 2 aliphatic rings. The lowest BCUT2D eigenvalue weighted by atomic mass is 9.90. The fraction of sp³-hybridized carbons (Fsp3) is 0.611. The number of nitrogens with one attached hydrogen (secondary N) is 1. The minimum Gasteiger partial charge on any atom is -0.341 e. The van der Waals surface area contributed by atoms with Gasteiger partial charge in [-0.05, 0) is 61.8 Å². The maximum Gasteiger partial charge on any atom is 0.222 e. The summed E-state index contributed by atoms with van der Waals surface area (Å²) >= 11 is 0. The van der Waals surface area contributed by atoms with Gasteiger partial charge in [-0.3, -0.25) is 4.79 Å². The SMILES string of the molecule is O=C(CCc1ccc2c(c1)CCCC2)N1CCCNCC1. The first-order valence-corrected chi connectivity index (χ1v) is 8.42. The standard InChI is InChI=1S/C18H26N2O/c21-18(20-12-3-10-19-11-13-20)9-7-15-6-8-16-4-1-2-5-17(16)14-15/h6,8,14,19H,1-5,7,9-13H2. The minimum absolute atomic E-state index is 0.316. The molecular formula is C18H26N2O. The second-order valence-electron chi connectivity index (χ2n) is 6.29. The van der Waals surface area contributed by atoms with Crippen LogP contribution in [-0.4, -0.2) is 37.0 Å². The van der Waals surface area contributed by atoms with Crippen LogP contribution < -0.4 is 5.32 Å². The summed E-state index contributed by atoms with van der Waals surface area (Å²) in [5.74, 6) is 0.316. The topological polar surface area (TPSA) is 32.3 Å². The zero-order chi connectivity index (χ0) is 14.5. The maximum atomic E-state index is 12.3. The van der Waals surface area contributed by atoms with Gasteiger partial charge in [0.15, 0.2) is 0 Å². The van der Waals surface area contributed by atoms with Crippen molar-refractivity contribution in [3.63, 3.8) is 0 Å². The lowest BCUT2D eigenvalue weighted by molar-refractivity contribution is -0.130. The molecule has 1 aromatic rings. The summed E-state index contributed by atoms with van der Waals surface area (Å²) in [6.45, 7) is 3.75. The molecule has 1 aromatic carbocycles. The molecule has 0 radical (unpaired) electrons. The summed E-state index contributed by atoms with van der Waals surface area (Å²) < 4.78 is 0. The van der Waals surface area contributed by atoms with Gasteiger partial charge in [-0.1, -0.05) is 18.2 Å². The second kappa shape index (κ2) is 7.08. The zero-order valence-corrected chi connectivity index (χ0v) is 12.9. The van der Waals surface area contributed by atoms with Crippen LogP contribution in [0.5, 0.6) is 0 Å². The number of hydrogen-bond acceptors (Lipinski definition) is 2. The van der Waals surface area contributed by atoms with E-state index in [0.717, 1.165) is 39.0 Å². The van der Waals surface area contributed by atoms with Gasteiger partial charge in [0.05, 0.1) is 0 Å². The van der Waals surface area contributed by atoms with E-state index in [-0.39, 0.29) is 0 Å². The number of fused-ring (bicyclic) bond motifs is 1. The van der Waals surface area contributed by atoms with Crippen LogP contribution >= 0.6 is 0 Å². The van der Waals surface area contributed by atoms with Gasteiger partial charge in [0.2, 0.25) is 5.91 Å². The maximum absolute atomic E-state index is 12.3. The van der Waals surface area contributed by atoms with Crippen LogP contribution in [0.4, 0.5) is 0 Å². The Kier molecular flexibility index (Phi) is 4.91. The van der Waals surface area contributed by atoms with Crippen molar-refractivity contribution in [2.24, 2.45) is 0 Å². The second-order valence-corrected chi connectivity index (χ2v) is 6.29. The molecule has 0 unspecified atom stereocenters. The Morgan fingerprint density at radius 2 is 1.90 bits per heavy atom. The third kappa shape index (κ3) is 3.85. The molecule has 3 nitrogen and oxygen atoms in total. The van der Waals surface area contributed by atoms with Gasteiger partial charge in [0.1, 0.15) is 0 Å². The van der Waals surface area contributed by atoms with E-state index in [2.05, 4.69) is 23.5 Å². The predicted octanol–water partition coefficient (Wildman–Crippen LogP) is 2.32. The predicted molar refractivity (Wildman–Crippen MR) is 85.5 cm³/mol. The van der Waals surface area contributed by atoms with Crippen LogP contribution in [0.3, 0.4) is 0 Å². The summed E-state index contributed by atoms with van der Waals surface area (Å²) in [7, 11) is 0. The monoisotopic (exact) mass is 286 g/mol. The minimum atomic E-state index is 0.316.